The molecule has 2 aromatic rings. The van der Waals surface area contributed by atoms with Gasteiger partial charge in [-0.25, -0.2) is 0 Å². The van der Waals surface area contributed by atoms with Crippen LogP contribution in [0.25, 0.3) is 10.9 Å². The standard InChI is InChI=1S/C20H22N2O3/c1-10(23)11-6-5-7-12-13-8-16-14(20(2,3)19(25)22(16)4)9-15(13)21-17(12)18(11)24/h8-9,11,21H,5-7H2,1-4H3. The number of Topliss-reactive ketones (excluding diaryl/α,β-unsaturated/α-hetero) is 2. The highest BCUT2D eigenvalue weighted by molar-refractivity contribution is 6.14. The van der Waals surface area contributed by atoms with Crippen molar-refractivity contribution in [3.8, 4) is 0 Å². The number of hydrogen-bond acceptors (Lipinski definition) is 3. The Labute approximate surface area is 146 Å². The van der Waals surface area contributed by atoms with Gasteiger partial charge in [0.25, 0.3) is 0 Å². The fourth-order valence-corrected chi connectivity index (χ4v) is 4.35. The van der Waals surface area contributed by atoms with E-state index in [1.807, 2.05) is 26.0 Å². The zero-order valence-corrected chi connectivity index (χ0v) is 15.0. The number of ketones is 2. The molecule has 1 N–H and O–H groups in total. The Morgan fingerprint density at radius 1 is 1.28 bits per heavy atom. The van der Waals surface area contributed by atoms with Gasteiger partial charge in [0.15, 0.2) is 5.78 Å². The molecule has 1 unspecified atom stereocenters. The number of H-pyrrole nitrogens is 1. The molecule has 0 fully saturated rings. The average Bonchev–Trinajstić information content (AvgIpc) is 2.92. The molecule has 5 nitrogen and oxygen atoms in total. The highest BCUT2D eigenvalue weighted by Gasteiger charge is 2.43. The second kappa shape index (κ2) is 5.04. The van der Waals surface area contributed by atoms with Gasteiger partial charge >= 0.3 is 0 Å². The normalized spacial score (nSPS) is 22.1. The van der Waals surface area contributed by atoms with Gasteiger partial charge in [-0.3, -0.25) is 14.4 Å². The minimum atomic E-state index is -0.577. The predicted molar refractivity (Wildman–Crippen MR) is 96.2 cm³/mol. The number of amides is 1. The Hall–Kier alpha value is -2.43. The summed E-state index contributed by atoms with van der Waals surface area (Å²) in [5, 5.41) is 0.989. The molecule has 0 bridgehead atoms. The summed E-state index contributed by atoms with van der Waals surface area (Å²) in [6, 6.07) is 4.02. The van der Waals surface area contributed by atoms with Crippen molar-refractivity contribution in [1.82, 2.24) is 4.98 Å². The van der Waals surface area contributed by atoms with E-state index in [-0.39, 0.29) is 17.5 Å². The monoisotopic (exact) mass is 338 g/mol. The van der Waals surface area contributed by atoms with Gasteiger partial charge < -0.3 is 9.88 Å². The van der Waals surface area contributed by atoms with Crippen LogP contribution in [0.2, 0.25) is 0 Å². The van der Waals surface area contributed by atoms with Crippen LogP contribution in [0, 0.1) is 5.92 Å². The van der Waals surface area contributed by atoms with Gasteiger partial charge in [0.1, 0.15) is 5.78 Å². The van der Waals surface area contributed by atoms with Crippen molar-refractivity contribution in [2.24, 2.45) is 5.92 Å². The Bertz CT molecular complexity index is 951. The second-order valence-electron chi connectivity index (χ2n) is 7.80. The minimum Gasteiger partial charge on any atom is -0.352 e. The zero-order chi connectivity index (χ0) is 18.1. The van der Waals surface area contributed by atoms with Crippen LogP contribution in [0.15, 0.2) is 12.1 Å². The third-order valence-electron chi connectivity index (χ3n) is 5.87. The molecule has 0 saturated heterocycles. The topological polar surface area (TPSA) is 70.2 Å². The van der Waals surface area contributed by atoms with Crippen molar-refractivity contribution in [2.75, 3.05) is 11.9 Å². The van der Waals surface area contributed by atoms with E-state index in [2.05, 4.69) is 4.98 Å². The van der Waals surface area contributed by atoms with E-state index in [1.54, 1.807) is 11.9 Å². The average molecular weight is 338 g/mol. The van der Waals surface area contributed by atoms with E-state index < -0.39 is 11.3 Å². The van der Waals surface area contributed by atoms with Crippen molar-refractivity contribution in [2.45, 2.75) is 45.4 Å². The highest BCUT2D eigenvalue weighted by atomic mass is 16.2. The Kier molecular flexibility index (Phi) is 3.24. The van der Waals surface area contributed by atoms with Crippen LogP contribution in [-0.4, -0.2) is 29.5 Å². The SMILES string of the molecule is CC(=O)C1CCCc2c([nH]c3cc4c(cc23)N(C)C(=O)C4(C)C)C1=O. The Morgan fingerprint density at radius 3 is 2.68 bits per heavy atom. The number of aryl methyl sites for hydroxylation is 1. The summed E-state index contributed by atoms with van der Waals surface area (Å²) in [5.41, 5.74) is 3.73. The van der Waals surface area contributed by atoms with Crippen molar-refractivity contribution >= 4 is 34.1 Å². The number of hydrogen-bond donors (Lipinski definition) is 1. The van der Waals surface area contributed by atoms with Crippen LogP contribution < -0.4 is 4.90 Å². The van der Waals surface area contributed by atoms with Crippen LogP contribution in [0.4, 0.5) is 5.69 Å². The maximum absolute atomic E-state index is 12.8. The third kappa shape index (κ3) is 2.04. The molecular formula is C20H22N2O3. The molecule has 2 heterocycles. The number of benzene rings is 1. The van der Waals surface area contributed by atoms with Gasteiger partial charge in [-0.15, -0.1) is 0 Å². The number of nitrogens with zero attached hydrogens (tertiary/aromatic N) is 1. The largest absolute Gasteiger partial charge is 0.352 e. The van der Waals surface area contributed by atoms with E-state index in [1.165, 1.54) is 6.92 Å². The Morgan fingerprint density at radius 2 is 2.00 bits per heavy atom. The third-order valence-corrected chi connectivity index (χ3v) is 5.87. The van der Waals surface area contributed by atoms with Crippen LogP contribution in [0.5, 0.6) is 0 Å². The summed E-state index contributed by atoms with van der Waals surface area (Å²) >= 11 is 0. The molecule has 1 aromatic heterocycles. The summed E-state index contributed by atoms with van der Waals surface area (Å²) in [6.45, 7) is 5.34. The second-order valence-corrected chi connectivity index (χ2v) is 7.80. The van der Waals surface area contributed by atoms with Gasteiger partial charge in [-0.05, 0) is 63.3 Å². The number of aromatic nitrogens is 1. The first-order valence-electron chi connectivity index (χ1n) is 8.75. The number of fused-ring (bicyclic) bond motifs is 4. The molecule has 130 valence electrons. The molecular weight excluding hydrogens is 316 g/mol. The number of carbonyl (C=O) groups excluding carboxylic acids is 3. The van der Waals surface area contributed by atoms with E-state index in [9.17, 15) is 14.4 Å². The number of rotatable bonds is 1. The summed E-state index contributed by atoms with van der Waals surface area (Å²) in [5.74, 6) is -0.624. The van der Waals surface area contributed by atoms with Crippen molar-refractivity contribution in [3.63, 3.8) is 0 Å². The van der Waals surface area contributed by atoms with Gasteiger partial charge in [0.05, 0.1) is 17.0 Å². The van der Waals surface area contributed by atoms with Gasteiger partial charge in [-0.2, -0.15) is 0 Å². The number of carbonyl (C=O) groups is 3. The maximum Gasteiger partial charge on any atom is 0.236 e. The molecule has 1 aliphatic carbocycles. The predicted octanol–water partition coefficient (Wildman–Crippen LogP) is 3.15. The summed E-state index contributed by atoms with van der Waals surface area (Å²) in [4.78, 5) is 42.1. The van der Waals surface area contributed by atoms with E-state index in [0.717, 1.165) is 40.6 Å². The fraction of sp³-hybridized carbons (Fsp3) is 0.450. The molecule has 25 heavy (non-hydrogen) atoms. The molecule has 4 rings (SSSR count). The van der Waals surface area contributed by atoms with Gasteiger partial charge in [-0.1, -0.05) is 0 Å². The summed E-state index contributed by atoms with van der Waals surface area (Å²) < 4.78 is 0. The lowest BCUT2D eigenvalue weighted by Crippen LogP contribution is -2.33. The van der Waals surface area contributed by atoms with Gasteiger partial charge in [0, 0.05) is 23.6 Å². The lowest BCUT2D eigenvalue weighted by atomic mass is 9.85. The summed E-state index contributed by atoms with van der Waals surface area (Å²) in [6.07, 6.45) is 2.19. The van der Waals surface area contributed by atoms with Crippen molar-refractivity contribution in [1.29, 1.82) is 0 Å². The summed E-state index contributed by atoms with van der Waals surface area (Å²) in [7, 11) is 1.80. The molecule has 1 aliphatic heterocycles. The highest BCUT2D eigenvalue weighted by Crippen LogP contribution is 2.44. The maximum atomic E-state index is 12.8. The molecule has 0 saturated carbocycles. The fourth-order valence-electron chi connectivity index (χ4n) is 4.35. The first-order chi connectivity index (χ1) is 11.7. The number of likely N-dealkylation sites (N-methyl/N-ethyl adjacent to an activating group) is 1. The van der Waals surface area contributed by atoms with Gasteiger partial charge in [0.2, 0.25) is 5.91 Å². The number of nitrogens with one attached hydrogen (secondary N) is 1. The smallest absolute Gasteiger partial charge is 0.236 e. The minimum absolute atomic E-state index is 0.0644. The first-order valence-corrected chi connectivity index (χ1v) is 8.75. The molecule has 0 radical (unpaired) electrons. The lowest BCUT2D eigenvalue weighted by molar-refractivity contribution is -0.122. The molecule has 1 aromatic carbocycles. The number of aromatic amines is 1. The molecule has 5 heteroatoms. The van der Waals surface area contributed by atoms with Crippen molar-refractivity contribution < 1.29 is 14.4 Å². The zero-order valence-electron chi connectivity index (χ0n) is 15.0. The van der Waals surface area contributed by atoms with Crippen LogP contribution in [0.1, 0.15) is 55.2 Å². The van der Waals surface area contributed by atoms with E-state index in [4.69, 9.17) is 0 Å². The molecule has 1 amide bonds. The Balaban J connectivity index is 1.95. The number of anilines is 1. The van der Waals surface area contributed by atoms with E-state index in [0.29, 0.717) is 12.1 Å². The van der Waals surface area contributed by atoms with Crippen LogP contribution in [0.3, 0.4) is 0 Å². The van der Waals surface area contributed by atoms with Crippen LogP contribution in [-0.2, 0) is 21.4 Å². The molecule has 2 aliphatic rings. The van der Waals surface area contributed by atoms with Crippen LogP contribution >= 0.6 is 0 Å². The van der Waals surface area contributed by atoms with E-state index >= 15 is 0 Å². The quantitative estimate of drug-likeness (QED) is 0.641. The van der Waals surface area contributed by atoms with Crippen molar-refractivity contribution in [3.05, 3.63) is 29.0 Å². The molecule has 0 spiro atoms. The first kappa shape index (κ1) is 16.1. The molecule has 1 atom stereocenters. The lowest BCUT2D eigenvalue weighted by Gasteiger charge is -2.16.